The molecule has 1 heterocycles. The second kappa shape index (κ2) is 6.58. The summed E-state index contributed by atoms with van der Waals surface area (Å²) in [5.74, 6) is 0.658. The number of rotatable bonds is 4. The maximum atomic E-state index is 9.72. The molecule has 1 fully saturated rings. The Morgan fingerprint density at radius 2 is 2.46 bits per heavy atom. The van der Waals surface area contributed by atoms with Crippen LogP contribution in [0.4, 0.5) is 0 Å². The van der Waals surface area contributed by atoms with Gasteiger partial charge in [-0.05, 0) is 25.2 Å². The fourth-order valence-electron chi connectivity index (χ4n) is 1.45. The fourth-order valence-corrected chi connectivity index (χ4v) is 1.45. The van der Waals surface area contributed by atoms with E-state index in [4.69, 9.17) is 4.74 Å². The van der Waals surface area contributed by atoms with E-state index >= 15 is 0 Å². The van der Waals surface area contributed by atoms with Crippen LogP contribution < -0.4 is 0 Å². The van der Waals surface area contributed by atoms with Gasteiger partial charge < -0.3 is 4.74 Å². The summed E-state index contributed by atoms with van der Waals surface area (Å²) in [6.07, 6.45) is 8.94. The van der Waals surface area contributed by atoms with Crippen LogP contribution in [0.5, 0.6) is 0 Å². The van der Waals surface area contributed by atoms with Crippen LogP contribution in [0, 0.1) is 5.92 Å². The van der Waals surface area contributed by atoms with Crippen molar-refractivity contribution in [1.82, 2.24) is 0 Å². The standard InChI is InChI=1S/C10H15NO2/c12-9-11-6-2-1-4-10-5-3-7-13-8-10/h1-2,10H,3-8H2/b2-1-. The quantitative estimate of drug-likeness (QED) is 0.376. The van der Waals surface area contributed by atoms with Gasteiger partial charge in [-0.2, -0.15) is 0 Å². The van der Waals surface area contributed by atoms with Gasteiger partial charge in [-0.15, -0.1) is 0 Å². The number of aliphatic imine (C=N–C) groups is 1. The molecule has 0 N–H and O–H groups in total. The molecule has 1 aliphatic heterocycles. The van der Waals surface area contributed by atoms with Crippen molar-refractivity contribution in [3.63, 3.8) is 0 Å². The van der Waals surface area contributed by atoms with Gasteiger partial charge in [0, 0.05) is 13.2 Å². The molecule has 72 valence electrons. The first-order valence-corrected chi connectivity index (χ1v) is 4.70. The molecule has 0 saturated carbocycles. The Balaban J connectivity index is 2.09. The number of carbonyl (C=O) groups excluding carboxylic acids is 1. The molecule has 1 unspecified atom stereocenters. The molecule has 1 saturated heterocycles. The van der Waals surface area contributed by atoms with Crippen molar-refractivity contribution in [2.24, 2.45) is 10.9 Å². The highest BCUT2D eigenvalue weighted by Crippen LogP contribution is 2.17. The van der Waals surface area contributed by atoms with E-state index in [1.165, 1.54) is 18.9 Å². The summed E-state index contributed by atoms with van der Waals surface area (Å²) in [4.78, 5) is 13.2. The van der Waals surface area contributed by atoms with Crippen LogP contribution in [0.3, 0.4) is 0 Å². The molecule has 1 rings (SSSR count). The first-order valence-electron chi connectivity index (χ1n) is 4.70. The average molecular weight is 181 g/mol. The van der Waals surface area contributed by atoms with Gasteiger partial charge >= 0.3 is 0 Å². The van der Waals surface area contributed by atoms with Gasteiger partial charge in [0.05, 0.1) is 6.54 Å². The molecular weight excluding hydrogens is 166 g/mol. The SMILES string of the molecule is O=C=NC/C=C\CC1CCCOC1. The number of hydrogen-bond donors (Lipinski definition) is 0. The third kappa shape index (κ3) is 4.61. The highest BCUT2D eigenvalue weighted by molar-refractivity contribution is 5.33. The largest absolute Gasteiger partial charge is 0.381 e. The van der Waals surface area contributed by atoms with Crippen LogP contribution in [-0.4, -0.2) is 25.8 Å². The zero-order chi connectivity index (χ0) is 9.36. The van der Waals surface area contributed by atoms with Crippen LogP contribution in [0.25, 0.3) is 0 Å². The topological polar surface area (TPSA) is 38.7 Å². The number of allylic oxidation sites excluding steroid dienone is 1. The van der Waals surface area contributed by atoms with Crippen molar-refractivity contribution < 1.29 is 9.53 Å². The number of isocyanates is 1. The Morgan fingerprint density at radius 1 is 1.54 bits per heavy atom. The highest BCUT2D eigenvalue weighted by Gasteiger charge is 2.11. The van der Waals surface area contributed by atoms with Gasteiger partial charge in [0.1, 0.15) is 0 Å². The monoisotopic (exact) mass is 181 g/mol. The molecule has 0 radical (unpaired) electrons. The smallest absolute Gasteiger partial charge is 0.235 e. The predicted octanol–water partition coefficient (Wildman–Crippen LogP) is 1.70. The predicted molar refractivity (Wildman–Crippen MR) is 50.3 cm³/mol. The van der Waals surface area contributed by atoms with Gasteiger partial charge in [0.25, 0.3) is 0 Å². The molecule has 0 aromatic heterocycles. The van der Waals surface area contributed by atoms with Crippen molar-refractivity contribution in [1.29, 1.82) is 0 Å². The lowest BCUT2D eigenvalue weighted by Gasteiger charge is -2.20. The molecule has 0 aliphatic carbocycles. The maximum absolute atomic E-state index is 9.72. The molecule has 0 amide bonds. The van der Waals surface area contributed by atoms with Crippen molar-refractivity contribution in [2.45, 2.75) is 19.3 Å². The minimum absolute atomic E-state index is 0.455. The molecule has 1 aliphatic rings. The van der Waals surface area contributed by atoms with Crippen molar-refractivity contribution in [3.05, 3.63) is 12.2 Å². The zero-order valence-corrected chi connectivity index (χ0v) is 7.74. The van der Waals surface area contributed by atoms with E-state index in [-0.39, 0.29) is 0 Å². The molecule has 13 heavy (non-hydrogen) atoms. The summed E-state index contributed by atoms with van der Waals surface area (Å²) in [5.41, 5.74) is 0. The minimum Gasteiger partial charge on any atom is -0.381 e. The van der Waals surface area contributed by atoms with Gasteiger partial charge in [0.2, 0.25) is 6.08 Å². The number of ether oxygens (including phenoxy) is 1. The van der Waals surface area contributed by atoms with Gasteiger partial charge in [-0.25, -0.2) is 9.79 Å². The average Bonchev–Trinajstić information content (AvgIpc) is 2.19. The normalized spacial score (nSPS) is 22.9. The summed E-state index contributed by atoms with van der Waals surface area (Å²) in [6, 6.07) is 0. The van der Waals surface area contributed by atoms with Gasteiger partial charge in [0.15, 0.2) is 0 Å². The van der Waals surface area contributed by atoms with E-state index in [0.29, 0.717) is 12.5 Å². The molecule has 1 atom stereocenters. The Kier molecular flexibility index (Phi) is 5.14. The molecule has 0 spiro atoms. The highest BCUT2D eigenvalue weighted by atomic mass is 16.5. The first-order chi connectivity index (χ1) is 6.43. The zero-order valence-electron chi connectivity index (χ0n) is 7.74. The van der Waals surface area contributed by atoms with Crippen LogP contribution in [0.2, 0.25) is 0 Å². The Morgan fingerprint density at radius 3 is 3.15 bits per heavy atom. The lowest BCUT2D eigenvalue weighted by Crippen LogP contribution is -2.16. The molecule has 0 aromatic rings. The third-order valence-corrected chi connectivity index (χ3v) is 2.15. The van der Waals surface area contributed by atoms with Crippen LogP contribution >= 0.6 is 0 Å². The van der Waals surface area contributed by atoms with Crippen molar-refractivity contribution in [3.8, 4) is 0 Å². The van der Waals surface area contributed by atoms with E-state index in [2.05, 4.69) is 11.1 Å². The second-order valence-electron chi connectivity index (χ2n) is 3.22. The molecule has 0 aromatic carbocycles. The van der Waals surface area contributed by atoms with Crippen molar-refractivity contribution in [2.75, 3.05) is 19.8 Å². The Hall–Kier alpha value is -0.920. The lowest BCUT2D eigenvalue weighted by atomic mass is 9.98. The summed E-state index contributed by atoms with van der Waals surface area (Å²) < 4.78 is 5.34. The third-order valence-electron chi connectivity index (χ3n) is 2.15. The van der Waals surface area contributed by atoms with E-state index in [9.17, 15) is 4.79 Å². The molecular formula is C10H15NO2. The summed E-state index contributed by atoms with van der Waals surface area (Å²) >= 11 is 0. The maximum Gasteiger partial charge on any atom is 0.235 e. The fraction of sp³-hybridized carbons (Fsp3) is 0.700. The van der Waals surface area contributed by atoms with Gasteiger partial charge in [-0.3, -0.25) is 0 Å². The van der Waals surface area contributed by atoms with Gasteiger partial charge in [-0.1, -0.05) is 12.2 Å². The number of hydrogen-bond acceptors (Lipinski definition) is 3. The second-order valence-corrected chi connectivity index (χ2v) is 3.22. The molecule has 3 heteroatoms. The van der Waals surface area contributed by atoms with E-state index in [1.807, 2.05) is 6.08 Å². The minimum atomic E-state index is 0.455. The molecule has 0 bridgehead atoms. The van der Waals surface area contributed by atoms with Crippen LogP contribution in [-0.2, 0) is 9.53 Å². The van der Waals surface area contributed by atoms with E-state index < -0.39 is 0 Å². The summed E-state index contributed by atoms with van der Waals surface area (Å²) in [5, 5.41) is 0. The Bertz CT molecular complexity index is 201. The summed E-state index contributed by atoms with van der Waals surface area (Å²) in [7, 11) is 0. The van der Waals surface area contributed by atoms with Crippen molar-refractivity contribution >= 4 is 6.08 Å². The van der Waals surface area contributed by atoms with Crippen LogP contribution in [0.1, 0.15) is 19.3 Å². The van der Waals surface area contributed by atoms with E-state index in [0.717, 1.165) is 19.6 Å². The number of nitrogens with zero attached hydrogens (tertiary/aromatic N) is 1. The summed E-state index contributed by atoms with van der Waals surface area (Å²) in [6.45, 7) is 2.24. The Labute approximate surface area is 78.5 Å². The first kappa shape index (κ1) is 10.2. The van der Waals surface area contributed by atoms with Crippen LogP contribution in [0.15, 0.2) is 17.1 Å². The molecule has 3 nitrogen and oxygen atoms in total. The van der Waals surface area contributed by atoms with E-state index in [1.54, 1.807) is 0 Å². The lowest BCUT2D eigenvalue weighted by molar-refractivity contribution is 0.0560.